The first-order chi connectivity index (χ1) is 5.77. The fraction of sp³-hybridized carbons (Fsp3) is 0.250. The molecule has 0 unspecified atom stereocenters. The SMILES string of the molecule is CCOC1=CC(=N)/C(=N\O)C=C1. The number of oxime groups is 1. The van der Waals surface area contributed by atoms with Crippen LogP contribution in [0.3, 0.4) is 0 Å². The topological polar surface area (TPSA) is 65.7 Å². The molecule has 64 valence electrons. The van der Waals surface area contributed by atoms with Crippen LogP contribution in [0, 0.1) is 5.41 Å². The van der Waals surface area contributed by atoms with Crippen molar-refractivity contribution in [3.63, 3.8) is 0 Å². The van der Waals surface area contributed by atoms with Crippen LogP contribution in [0.5, 0.6) is 0 Å². The summed E-state index contributed by atoms with van der Waals surface area (Å²) in [6.45, 7) is 2.43. The van der Waals surface area contributed by atoms with Gasteiger partial charge in [0.15, 0.2) is 0 Å². The number of ether oxygens (including phenoxy) is 1. The van der Waals surface area contributed by atoms with Gasteiger partial charge in [-0.05, 0) is 19.1 Å². The van der Waals surface area contributed by atoms with Gasteiger partial charge in [0, 0.05) is 6.08 Å². The molecule has 1 aliphatic rings. The van der Waals surface area contributed by atoms with Crippen LogP contribution in [0.2, 0.25) is 0 Å². The normalized spacial score (nSPS) is 19.6. The largest absolute Gasteiger partial charge is 0.494 e. The van der Waals surface area contributed by atoms with Crippen molar-refractivity contribution < 1.29 is 9.94 Å². The maximum Gasteiger partial charge on any atom is 0.127 e. The summed E-state index contributed by atoms with van der Waals surface area (Å²) >= 11 is 0. The highest BCUT2D eigenvalue weighted by Gasteiger charge is 2.08. The molecule has 0 spiro atoms. The molecule has 0 amide bonds. The molecule has 0 saturated heterocycles. The molecule has 0 aromatic heterocycles. The Morgan fingerprint density at radius 3 is 2.83 bits per heavy atom. The monoisotopic (exact) mass is 166 g/mol. The van der Waals surface area contributed by atoms with E-state index in [1.807, 2.05) is 6.92 Å². The van der Waals surface area contributed by atoms with Crippen molar-refractivity contribution in [3.05, 3.63) is 24.0 Å². The standard InChI is InChI=1S/C8H10N2O2/c1-2-12-6-3-4-8(10-11)7(9)5-6/h3-5,9,11H,2H2,1H3/b9-7?,10-8-. The number of rotatable bonds is 2. The molecule has 4 heteroatoms. The number of hydrogen-bond donors (Lipinski definition) is 2. The lowest BCUT2D eigenvalue weighted by molar-refractivity contribution is 0.243. The molecule has 0 heterocycles. The van der Waals surface area contributed by atoms with Crippen molar-refractivity contribution in [1.82, 2.24) is 0 Å². The zero-order valence-corrected chi connectivity index (χ0v) is 6.74. The highest BCUT2D eigenvalue weighted by Crippen LogP contribution is 2.06. The van der Waals surface area contributed by atoms with E-state index >= 15 is 0 Å². The molecule has 0 bridgehead atoms. The third-order valence-corrected chi connectivity index (χ3v) is 1.39. The van der Waals surface area contributed by atoms with Crippen LogP contribution in [0.4, 0.5) is 0 Å². The fourth-order valence-electron chi connectivity index (χ4n) is 0.859. The van der Waals surface area contributed by atoms with Gasteiger partial charge in [0.25, 0.3) is 0 Å². The molecule has 0 aromatic carbocycles. The third-order valence-electron chi connectivity index (χ3n) is 1.39. The van der Waals surface area contributed by atoms with Gasteiger partial charge in [-0.1, -0.05) is 5.16 Å². The van der Waals surface area contributed by atoms with Gasteiger partial charge in [0.05, 0.1) is 12.3 Å². The predicted molar refractivity (Wildman–Crippen MR) is 45.8 cm³/mol. The summed E-state index contributed by atoms with van der Waals surface area (Å²) in [5.74, 6) is 0.620. The lowest BCUT2D eigenvalue weighted by Gasteiger charge is -2.08. The molecule has 0 aromatic rings. The highest BCUT2D eigenvalue weighted by atomic mass is 16.5. The molecule has 4 nitrogen and oxygen atoms in total. The second-order valence-electron chi connectivity index (χ2n) is 2.21. The molecule has 0 aliphatic heterocycles. The molecular formula is C8H10N2O2. The summed E-state index contributed by atoms with van der Waals surface area (Å²) < 4.78 is 5.14. The highest BCUT2D eigenvalue weighted by molar-refractivity contribution is 6.49. The van der Waals surface area contributed by atoms with Gasteiger partial charge in [-0.25, -0.2) is 0 Å². The number of nitrogens with one attached hydrogen (secondary N) is 1. The average molecular weight is 166 g/mol. The Balaban J connectivity index is 2.76. The lowest BCUT2D eigenvalue weighted by Crippen LogP contribution is -2.12. The van der Waals surface area contributed by atoms with E-state index in [9.17, 15) is 0 Å². The third kappa shape index (κ3) is 1.72. The van der Waals surface area contributed by atoms with Crippen LogP contribution in [0.25, 0.3) is 0 Å². The summed E-state index contributed by atoms with van der Waals surface area (Å²) in [5.41, 5.74) is 0.405. The first-order valence-corrected chi connectivity index (χ1v) is 3.61. The Hall–Kier alpha value is -1.58. The van der Waals surface area contributed by atoms with E-state index in [-0.39, 0.29) is 11.4 Å². The van der Waals surface area contributed by atoms with Gasteiger partial charge in [-0.15, -0.1) is 0 Å². The molecule has 0 radical (unpaired) electrons. The molecule has 2 N–H and O–H groups in total. The zero-order chi connectivity index (χ0) is 8.97. The van der Waals surface area contributed by atoms with E-state index in [0.717, 1.165) is 0 Å². The Morgan fingerprint density at radius 1 is 1.58 bits per heavy atom. The minimum atomic E-state index is 0.156. The summed E-state index contributed by atoms with van der Waals surface area (Å²) in [5, 5.41) is 18.7. The molecular weight excluding hydrogens is 156 g/mol. The van der Waals surface area contributed by atoms with E-state index in [1.54, 1.807) is 6.08 Å². The van der Waals surface area contributed by atoms with E-state index in [1.165, 1.54) is 12.2 Å². The summed E-state index contributed by atoms with van der Waals surface area (Å²) in [6.07, 6.45) is 4.71. The molecule has 1 aliphatic carbocycles. The van der Waals surface area contributed by atoms with Crippen LogP contribution >= 0.6 is 0 Å². The van der Waals surface area contributed by atoms with Gasteiger partial charge in [0.2, 0.25) is 0 Å². The van der Waals surface area contributed by atoms with Crippen LogP contribution in [0.1, 0.15) is 6.92 Å². The lowest BCUT2D eigenvalue weighted by atomic mass is 10.1. The summed E-state index contributed by atoms with van der Waals surface area (Å²) in [7, 11) is 0. The van der Waals surface area contributed by atoms with Crippen molar-refractivity contribution in [2.24, 2.45) is 5.16 Å². The summed E-state index contributed by atoms with van der Waals surface area (Å²) in [4.78, 5) is 0. The number of nitrogens with zero attached hydrogens (tertiary/aromatic N) is 1. The van der Waals surface area contributed by atoms with Crippen LogP contribution < -0.4 is 0 Å². The Labute approximate surface area is 70.4 Å². The minimum absolute atomic E-state index is 0.156. The smallest absolute Gasteiger partial charge is 0.127 e. The van der Waals surface area contributed by atoms with Crippen molar-refractivity contribution in [3.8, 4) is 0 Å². The van der Waals surface area contributed by atoms with Gasteiger partial charge in [-0.3, -0.25) is 5.41 Å². The Bertz CT molecular complexity index is 277. The first kappa shape index (κ1) is 8.52. The number of allylic oxidation sites excluding steroid dienone is 3. The minimum Gasteiger partial charge on any atom is -0.494 e. The van der Waals surface area contributed by atoms with Gasteiger partial charge < -0.3 is 9.94 Å². The zero-order valence-electron chi connectivity index (χ0n) is 6.74. The van der Waals surface area contributed by atoms with E-state index in [0.29, 0.717) is 12.4 Å². The molecule has 0 fully saturated rings. The van der Waals surface area contributed by atoms with E-state index in [2.05, 4.69) is 5.16 Å². The fourth-order valence-corrected chi connectivity index (χ4v) is 0.859. The van der Waals surface area contributed by atoms with Crippen molar-refractivity contribution in [2.75, 3.05) is 6.61 Å². The van der Waals surface area contributed by atoms with Crippen LogP contribution in [0.15, 0.2) is 29.1 Å². The van der Waals surface area contributed by atoms with Crippen molar-refractivity contribution >= 4 is 11.4 Å². The predicted octanol–water partition coefficient (Wildman–Crippen LogP) is 1.33. The Morgan fingerprint density at radius 2 is 2.33 bits per heavy atom. The first-order valence-electron chi connectivity index (χ1n) is 3.61. The average Bonchev–Trinajstić information content (AvgIpc) is 2.05. The molecule has 1 rings (SSSR count). The van der Waals surface area contributed by atoms with Crippen molar-refractivity contribution in [2.45, 2.75) is 6.92 Å². The van der Waals surface area contributed by atoms with Crippen LogP contribution in [-0.4, -0.2) is 23.2 Å². The maximum atomic E-state index is 8.40. The molecule has 12 heavy (non-hydrogen) atoms. The van der Waals surface area contributed by atoms with E-state index < -0.39 is 0 Å². The molecule has 0 atom stereocenters. The maximum absolute atomic E-state index is 8.40. The van der Waals surface area contributed by atoms with Crippen molar-refractivity contribution in [1.29, 1.82) is 5.41 Å². The van der Waals surface area contributed by atoms with Gasteiger partial charge in [-0.2, -0.15) is 0 Å². The summed E-state index contributed by atoms with van der Waals surface area (Å²) in [6, 6.07) is 0. The van der Waals surface area contributed by atoms with Gasteiger partial charge >= 0.3 is 0 Å². The quantitative estimate of drug-likeness (QED) is 0.369. The number of hydrogen-bond acceptors (Lipinski definition) is 4. The van der Waals surface area contributed by atoms with Gasteiger partial charge in [0.1, 0.15) is 11.5 Å². The second-order valence-corrected chi connectivity index (χ2v) is 2.21. The van der Waals surface area contributed by atoms with Crippen LogP contribution in [-0.2, 0) is 4.74 Å². The van der Waals surface area contributed by atoms with E-state index in [4.69, 9.17) is 15.4 Å². The Kier molecular flexibility index (Phi) is 2.63. The second kappa shape index (κ2) is 3.71. The molecule has 0 saturated carbocycles.